The van der Waals surface area contributed by atoms with Crippen LogP contribution >= 0.6 is 0 Å². The van der Waals surface area contributed by atoms with Crippen LogP contribution < -0.4 is 15.8 Å². The Hall–Kier alpha value is -2.71. The van der Waals surface area contributed by atoms with Crippen LogP contribution in [0, 0.1) is 6.92 Å². The predicted octanol–water partition coefficient (Wildman–Crippen LogP) is 0.955. The van der Waals surface area contributed by atoms with Crippen LogP contribution in [0.3, 0.4) is 0 Å². The lowest BCUT2D eigenvalue weighted by Gasteiger charge is -2.33. The molecule has 9 heteroatoms. The fourth-order valence-corrected chi connectivity index (χ4v) is 4.09. The zero-order chi connectivity index (χ0) is 18.3. The molecule has 0 atom stereocenters. The average molecular weight is 358 g/mol. The Morgan fingerprint density at radius 2 is 2.19 bits per heavy atom. The smallest absolute Gasteiger partial charge is 0.318 e. The molecule has 2 aromatic heterocycles. The summed E-state index contributed by atoms with van der Waals surface area (Å²) in [7, 11) is 0. The quantitative estimate of drug-likeness (QED) is 0.817. The number of aromatic nitrogens is 4. The van der Waals surface area contributed by atoms with Crippen molar-refractivity contribution < 1.29 is 9.21 Å². The van der Waals surface area contributed by atoms with Crippen molar-refractivity contribution in [3.05, 3.63) is 33.6 Å². The van der Waals surface area contributed by atoms with Crippen LogP contribution in [-0.2, 0) is 6.42 Å². The molecule has 0 unspecified atom stereocenters. The summed E-state index contributed by atoms with van der Waals surface area (Å²) < 4.78 is 5.78. The Kier molecular flexibility index (Phi) is 4.01. The average Bonchev–Trinajstić information content (AvgIpc) is 3.34. The largest absolute Gasteiger partial charge is 0.408 e. The van der Waals surface area contributed by atoms with Crippen LogP contribution in [0.25, 0.3) is 0 Å². The van der Waals surface area contributed by atoms with Gasteiger partial charge in [-0.3, -0.25) is 9.59 Å². The number of carbonyl (C=O) groups is 1. The minimum Gasteiger partial charge on any atom is -0.408 e. The zero-order valence-corrected chi connectivity index (χ0v) is 14.9. The van der Waals surface area contributed by atoms with Crippen molar-refractivity contribution in [3.8, 4) is 0 Å². The molecular weight excluding hydrogens is 336 g/mol. The van der Waals surface area contributed by atoms with Gasteiger partial charge in [0.25, 0.3) is 11.5 Å². The van der Waals surface area contributed by atoms with Gasteiger partial charge in [0.15, 0.2) is 0 Å². The molecule has 2 fully saturated rings. The Balaban J connectivity index is 1.51. The number of nitrogens with one attached hydrogen (secondary N) is 2. The molecule has 0 radical (unpaired) electrons. The van der Waals surface area contributed by atoms with Crippen molar-refractivity contribution in [3.63, 3.8) is 0 Å². The lowest BCUT2D eigenvalue weighted by atomic mass is 9.87. The molecular formula is C17H22N6O3. The molecule has 4 rings (SSSR count). The lowest BCUT2D eigenvalue weighted by Crippen LogP contribution is -2.50. The van der Waals surface area contributed by atoms with E-state index >= 15 is 0 Å². The number of aromatic amines is 1. The van der Waals surface area contributed by atoms with Crippen molar-refractivity contribution in [1.82, 2.24) is 25.7 Å². The third kappa shape index (κ3) is 2.67. The molecule has 2 aliphatic heterocycles. The second-order valence-corrected chi connectivity index (χ2v) is 7.11. The zero-order valence-electron chi connectivity index (χ0n) is 14.9. The lowest BCUT2D eigenvalue weighted by molar-refractivity contribution is 0.0937. The van der Waals surface area contributed by atoms with E-state index in [4.69, 9.17) is 4.42 Å². The summed E-state index contributed by atoms with van der Waals surface area (Å²) in [6.45, 7) is 4.11. The van der Waals surface area contributed by atoms with Crippen LogP contribution in [0.4, 0.5) is 6.01 Å². The third-order valence-corrected chi connectivity index (χ3v) is 5.53. The van der Waals surface area contributed by atoms with E-state index in [1.807, 2.05) is 6.92 Å². The van der Waals surface area contributed by atoms with Gasteiger partial charge in [0.05, 0.1) is 5.54 Å². The SMILES string of the molecule is CCc1nnc(N2C3CCC2(CNC(=O)c2cc(C)c(=O)[nH]n2)CC3)o1. The van der Waals surface area contributed by atoms with E-state index < -0.39 is 0 Å². The molecule has 2 saturated heterocycles. The number of nitrogens with zero attached hydrogens (tertiary/aromatic N) is 4. The first-order chi connectivity index (χ1) is 12.5. The minimum atomic E-state index is -0.297. The summed E-state index contributed by atoms with van der Waals surface area (Å²) in [4.78, 5) is 26.1. The maximum absolute atomic E-state index is 12.5. The van der Waals surface area contributed by atoms with Gasteiger partial charge < -0.3 is 14.6 Å². The molecule has 0 spiro atoms. The van der Waals surface area contributed by atoms with E-state index in [1.165, 1.54) is 6.07 Å². The summed E-state index contributed by atoms with van der Waals surface area (Å²) in [6.07, 6.45) is 4.75. The maximum Gasteiger partial charge on any atom is 0.318 e. The number of carbonyl (C=O) groups excluding carboxylic acids is 1. The topological polar surface area (TPSA) is 117 Å². The van der Waals surface area contributed by atoms with Gasteiger partial charge in [-0.05, 0) is 38.7 Å². The second-order valence-electron chi connectivity index (χ2n) is 7.11. The molecule has 0 aliphatic carbocycles. The molecule has 0 saturated carbocycles. The highest BCUT2D eigenvalue weighted by molar-refractivity contribution is 5.92. The number of aryl methyl sites for hydroxylation is 2. The first-order valence-electron chi connectivity index (χ1n) is 8.99. The Labute approximate surface area is 150 Å². The van der Waals surface area contributed by atoms with Crippen molar-refractivity contribution in [2.45, 2.75) is 57.5 Å². The van der Waals surface area contributed by atoms with Crippen LogP contribution in [0.2, 0.25) is 0 Å². The summed E-state index contributed by atoms with van der Waals surface area (Å²) in [5.74, 6) is 0.326. The number of hydrogen-bond acceptors (Lipinski definition) is 7. The first-order valence-corrected chi connectivity index (χ1v) is 8.99. The normalized spacial score (nSPS) is 24.2. The molecule has 2 N–H and O–H groups in total. The second kappa shape index (κ2) is 6.22. The van der Waals surface area contributed by atoms with Gasteiger partial charge in [0.1, 0.15) is 5.69 Å². The summed E-state index contributed by atoms with van der Waals surface area (Å²) in [6, 6.07) is 2.43. The monoisotopic (exact) mass is 358 g/mol. The third-order valence-electron chi connectivity index (χ3n) is 5.53. The number of hydrogen-bond donors (Lipinski definition) is 2. The van der Waals surface area contributed by atoms with Gasteiger partial charge >= 0.3 is 6.01 Å². The Morgan fingerprint density at radius 1 is 1.42 bits per heavy atom. The number of amides is 1. The maximum atomic E-state index is 12.5. The molecule has 0 aromatic carbocycles. The van der Waals surface area contributed by atoms with Crippen LogP contribution in [-0.4, -0.2) is 44.4 Å². The standard InChI is InChI=1S/C17H22N6O3/c1-3-13-20-22-16(26-13)23-11-4-6-17(23,7-5-11)9-18-15(25)12-8-10(2)14(24)21-19-12/h8,11H,3-7,9H2,1-2H3,(H,18,25)(H,21,24). The van der Waals surface area contributed by atoms with E-state index in [0.717, 1.165) is 25.7 Å². The van der Waals surface area contributed by atoms with Gasteiger partial charge in [-0.2, -0.15) is 5.10 Å². The number of fused-ring (bicyclic) bond motifs is 2. The van der Waals surface area contributed by atoms with Gasteiger partial charge in [0, 0.05) is 24.6 Å². The molecule has 4 heterocycles. The highest BCUT2D eigenvalue weighted by Crippen LogP contribution is 2.48. The van der Waals surface area contributed by atoms with Crippen LogP contribution in [0.5, 0.6) is 0 Å². The van der Waals surface area contributed by atoms with E-state index in [2.05, 4.69) is 30.6 Å². The highest BCUT2D eigenvalue weighted by atomic mass is 16.4. The van der Waals surface area contributed by atoms with Crippen molar-refractivity contribution in [1.29, 1.82) is 0 Å². The van der Waals surface area contributed by atoms with Gasteiger partial charge in [-0.25, -0.2) is 5.10 Å². The first kappa shape index (κ1) is 16.7. The van der Waals surface area contributed by atoms with E-state index in [1.54, 1.807) is 6.92 Å². The summed E-state index contributed by atoms with van der Waals surface area (Å²) in [5, 5.41) is 17.4. The van der Waals surface area contributed by atoms with Gasteiger partial charge in [-0.15, -0.1) is 5.10 Å². The number of anilines is 1. The Morgan fingerprint density at radius 3 is 2.85 bits per heavy atom. The highest BCUT2D eigenvalue weighted by Gasteiger charge is 2.53. The molecule has 2 aromatic rings. The molecule has 1 amide bonds. The minimum absolute atomic E-state index is 0.199. The Bertz CT molecular complexity index is 881. The van der Waals surface area contributed by atoms with Crippen molar-refractivity contribution in [2.75, 3.05) is 11.4 Å². The molecule has 138 valence electrons. The van der Waals surface area contributed by atoms with Gasteiger partial charge in [-0.1, -0.05) is 12.0 Å². The fourth-order valence-electron chi connectivity index (χ4n) is 4.09. The van der Waals surface area contributed by atoms with Crippen molar-refractivity contribution >= 4 is 11.9 Å². The molecule has 26 heavy (non-hydrogen) atoms. The molecule has 9 nitrogen and oxygen atoms in total. The number of rotatable bonds is 5. The molecule has 2 aliphatic rings. The predicted molar refractivity (Wildman–Crippen MR) is 93.1 cm³/mol. The summed E-state index contributed by atoms with van der Waals surface area (Å²) in [5.41, 5.74) is 0.187. The van der Waals surface area contributed by atoms with Crippen LogP contribution in [0.15, 0.2) is 15.3 Å². The summed E-state index contributed by atoms with van der Waals surface area (Å²) >= 11 is 0. The van der Waals surface area contributed by atoms with E-state index in [9.17, 15) is 9.59 Å². The fraction of sp³-hybridized carbons (Fsp3) is 0.588. The van der Waals surface area contributed by atoms with Crippen molar-refractivity contribution in [2.24, 2.45) is 0 Å². The van der Waals surface area contributed by atoms with Gasteiger partial charge in [0.2, 0.25) is 5.89 Å². The molecule has 2 bridgehead atoms. The van der Waals surface area contributed by atoms with Crippen LogP contribution in [0.1, 0.15) is 54.5 Å². The van der Waals surface area contributed by atoms with E-state index in [0.29, 0.717) is 36.5 Å². The van der Waals surface area contributed by atoms with E-state index in [-0.39, 0.29) is 22.7 Å². The number of H-pyrrole nitrogens is 1.